The number of benzene rings is 2. The number of carbonyl (C=O) groups excluding carboxylic acids is 2. The minimum absolute atomic E-state index is 0.412. The number of hydrazone groups is 1. The fourth-order valence-electron chi connectivity index (χ4n) is 1.84. The molecule has 0 saturated heterocycles. The first-order valence-corrected chi connectivity index (χ1v) is 7.53. The highest BCUT2D eigenvalue weighted by Crippen LogP contribution is 2.24. The highest BCUT2D eigenvalue weighted by atomic mass is 35.5. The van der Waals surface area contributed by atoms with Gasteiger partial charge in [-0.05, 0) is 48.0 Å². The van der Waals surface area contributed by atoms with Crippen LogP contribution in [0.5, 0.6) is 11.5 Å². The summed E-state index contributed by atoms with van der Waals surface area (Å²) in [5.74, 6) is -0.561. The van der Waals surface area contributed by atoms with E-state index in [1.165, 1.54) is 20.4 Å². The first-order valence-electron chi connectivity index (χ1n) is 7.15. The summed E-state index contributed by atoms with van der Waals surface area (Å²) in [4.78, 5) is 23.5. The van der Waals surface area contributed by atoms with Crippen LogP contribution in [0.15, 0.2) is 47.6 Å². The Hall–Kier alpha value is -3.06. The molecular formula is C17H16ClN3O4. The largest absolute Gasteiger partial charge is 0.497 e. The normalized spacial score (nSPS) is 10.4. The summed E-state index contributed by atoms with van der Waals surface area (Å²) >= 11 is 5.99. The lowest BCUT2D eigenvalue weighted by Gasteiger charge is -2.05. The van der Waals surface area contributed by atoms with Crippen LogP contribution < -0.4 is 20.2 Å². The number of hydrogen-bond donors (Lipinski definition) is 2. The molecule has 0 aliphatic heterocycles. The Morgan fingerprint density at radius 1 is 1.04 bits per heavy atom. The smallest absolute Gasteiger partial charge is 0.329 e. The molecule has 0 aromatic heterocycles. The molecular weight excluding hydrogens is 346 g/mol. The molecule has 130 valence electrons. The molecule has 25 heavy (non-hydrogen) atoms. The molecule has 2 rings (SSSR count). The molecule has 2 aromatic carbocycles. The molecule has 7 nitrogen and oxygen atoms in total. The van der Waals surface area contributed by atoms with Crippen molar-refractivity contribution in [2.75, 3.05) is 19.5 Å². The fourth-order valence-corrected chi connectivity index (χ4v) is 2.11. The number of carbonyl (C=O) groups is 2. The number of nitrogens with one attached hydrogen (secondary N) is 2. The van der Waals surface area contributed by atoms with Crippen LogP contribution in [0.3, 0.4) is 0 Å². The van der Waals surface area contributed by atoms with Crippen LogP contribution in [0.25, 0.3) is 0 Å². The molecule has 0 radical (unpaired) electrons. The number of rotatable bonds is 5. The summed E-state index contributed by atoms with van der Waals surface area (Å²) in [6.45, 7) is 0. The second kappa shape index (κ2) is 8.70. The minimum atomic E-state index is -0.897. The van der Waals surface area contributed by atoms with E-state index in [2.05, 4.69) is 15.8 Å². The van der Waals surface area contributed by atoms with Gasteiger partial charge >= 0.3 is 11.8 Å². The maximum Gasteiger partial charge on any atom is 0.329 e. The number of halogens is 1. The van der Waals surface area contributed by atoms with Crippen LogP contribution in [-0.4, -0.2) is 32.2 Å². The van der Waals surface area contributed by atoms with Gasteiger partial charge in [0.2, 0.25) is 0 Å². The molecule has 0 spiro atoms. The van der Waals surface area contributed by atoms with Gasteiger partial charge < -0.3 is 14.8 Å². The topological polar surface area (TPSA) is 89.0 Å². The quantitative estimate of drug-likeness (QED) is 0.486. The van der Waals surface area contributed by atoms with E-state index in [9.17, 15) is 9.59 Å². The second-order valence-electron chi connectivity index (χ2n) is 4.78. The van der Waals surface area contributed by atoms with Crippen molar-refractivity contribution >= 4 is 35.3 Å². The van der Waals surface area contributed by atoms with Crippen molar-refractivity contribution in [3.8, 4) is 11.5 Å². The van der Waals surface area contributed by atoms with Crippen molar-refractivity contribution < 1.29 is 19.1 Å². The Labute approximate surface area is 149 Å². The second-order valence-corrected chi connectivity index (χ2v) is 5.18. The third kappa shape index (κ3) is 5.22. The van der Waals surface area contributed by atoms with Gasteiger partial charge in [0.15, 0.2) is 0 Å². The maximum atomic E-state index is 11.8. The van der Waals surface area contributed by atoms with Crippen molar-refractivity contribution in [1.29, 1.82) is 0 Å². The van der Waals surface area contributed by atoms with Crippen LogP contribution >= 0.6 is 11.6 Å². The number of hydrogen-bond acceptors (Lipinski definition) is 5. The fraction of sp³-hybridized carbons (Fsp3) is 0.118. The van der Waals surface area contributed by atoms with E-state index in [0.29, 0.717) is 27.8 Å². The lowest BCUT2D eigenvalue weighted by molar-refractivity contribution is -0.136. The van der Waals surface area contributed by atoms with Crippen LogP contribution in [0.2, 0.25) is 5.02 Å². The molecule has 2 aromatic rings. The zero-order valence-electron chi connectivity index (χ0n) is 13.6. The molecule has 0 aliphatic carbocycles. The average molecular weight is 362 g/mol. The molecule has 2 amide bonds. The van der Waals surface area contributed by atoms with Gasteiger partial charge in [-0.3, -0.25) is 9.59 Å². The zero-order chi connectivity index (χ0) is 18.2. The van der Waals surface area contributed by atoms with E-state index in [1.54, 1.807) is 42.5 Å². The molecule has 0 atom stereocenters. The molecule has 0 bridgehead atoms. The molecule has 0 heterocycles. The Kier molecular flexibility index (Phi) is 6.36. The van der Waals surface area contributed by atoms with Gasteiger partial charge in [-0.15, -0.1) is 0 Å². The number of anilines is 1. The number of amides is 2. The van der Waals surface area contributed by atoms with Gasteiger partial charge in [0.25, 0.3) is 0 Å². The summed E-state index contributed by atoms with van der Waals surface area (Å²) in [5, 5.41) is 6.58. The number of methoxy groups -OCH3 is 2. The lowest BCUT2D eigenvalue weighted by Crippen LogP contribution is -2.32. The monoisotopic (exact) mass is 361 g/mol. The van der Waals surface area contributed by atoms with E-state index < -0.39 is 11.8 Å². The van der Waals surface area contributed by atoms with Gasteiger partial charge in [0, 0.05) is 5.69 Å². The molecule has 0 saturated carbocycles. The van der Waals surface area contributed by atoms with Crippen LogP contribution in [0, 0.1) is 0 Å². The van der Waals surface area contributed by atoms with Crippen LogP contribution in [0.4, 0.5) is 5.69 Å². The van der Waals surface area contributed by atoms with Crippen molar-refractivity contribution in [3.05, 3.63) is 53.1 Å². The maximum absolute atomic E-state index is 11.8. The molecule has 0 aliphatic rings. The molecule has 0 fully saturated rings. The highest BCUT2D eigenvalue weighted by molar-refractivity contribution is 6.39. The summed E-state index contributed by atoms with van der Waals surface area (Å²) in [7, 11) is 3.05. The predicted molar refractivity (Wildman–Crippen MR) is 95.4 cm³/mol. The lowest BCUT2D eigenvalue weighted by atomic mass is 10.2. The van der Waals surface area contributed by atoms with Gasteiger partial charge in [0.05, 0.1) is 25.5 Å². The Morgan fingerprint density at radius 2 is 1.76 bits per heavy atom. The minimum Gasteiger partial charge on any atom is -0.497 e. The standard InChI is InChI=1S/C17H16ClN3O4/c1-24-13-6-4-12(5-7-13)20-16(22)17(23)21-19-10-11-3-8-15(25-2)14(18)9-11/h3-10H,1-2H3,(H,20,22)(H,21,23)/b19-10-. The van der Waals surface area contributed by atoms with E-state index in [0.717, 1.165) is 0 Å². The van der Waals surface area contributed by atoms with Crippen LogP contribution in [-0.2, 0) is 9.59 Å². The predicted octanol–water partition coefficient (Wildman–Crippen LogP) is 2.45. The van der Waals surface area contributed by atoms with Gasteiger partial charge in [-0.1, -0.05) is 11.6 Å². The van der Waals surface area contributed by atoms with Crippen molar-refractivity contribution in [1.82, 2.24) is 5.43 Å². The third-order valence-electron chi connectivity index (χ3n) is 3.11. The van der Waals surface area contributed by atoms with E-state index in [4.69, 9.17) is 21.1 Å². The Morgan fingerprint density at radius 3 is 2.36 bits per heavy atom. The van der Waals surface area contributed by atoms with Gasteiger partial charge in [-0.2, -0.15) is 5.10 Å². The Balaban J connectivity index is 1.90. The first-order chi connectivity index (χ1) is 12.0. The molecule has 8 heteroatoms. The van der Waals surface area contributed by atoms with Crippen molar-refractivity contribution in [2.24, 2.45) is 5.10 Å². The van der Waals surface area contributed by atoms with Crippen molar-refractivity contribution in [2.45, 2.75) is 0 Å². The van der Waals surface area contributed by atoms with Gasteiger partial charge in [-0.25, -0.2) is 5.43 Å². The zero-order valence-corrected chi connectivity index (χ0v) is 14.3. The summed E-state index contributed by atoms with van der Waals surface area (Å²) < 4.78 is 10.0. The SMILES string of the molecule is COc1ccc(NC(=O)C(=O)N/N=C\c2ccc(OC)c(Cl)c2)cc1. The van der Waals surface area contributed by atoms with Crippen LogP contribution in [0.1, 0.15) is 5.56 Å². The number of ether oxygens (including phenoxy) is 2. The third-order valence-corrected chi connectivity index (χ3v) is 3.41. The summed E-state index contributed by atoms with van der Waals surface area (Å²) in [5.41, 5.74) is 3.25. The highest BCUT2D eigenvalue weighted by Gasteiger charge is 2.12. The first kappa shape index (κ1) is 18.3. The van der Waals surface area contributed by atoms with E-state index in [-0.39, 0.29) is 0 Å². The summed E-state index contributed by atoms with van der Waals surface area (Å²) in [6, 6.07) is 11.6. The van der Waals surface area contributed by atoms with Gasteiger partial charge in [0.1, 0.15) is 11.5 Å². The Bertz CT molecular complexity index is 791. The average Bonchev–Trinajstić information content (AvgIpc) is 2.62. The van der Waals surface area contributed by atoms with E-state index in [1.807, 2.05) is 0 Å². The molecule has 2 N–H and O–H groups in total. The number of nitrogens with zero attached hydrogens (tertiary/aromatic N) is 1. The van der Waals surface area contributed by atoms with E-state index >= 15 is 0 Å². The molecule has 0 unspecified atom stereocenters. The van der Waals surface area contributed by atoms with Crippen molar-refractivity contribution in [3.63, 3.8) is 0 Å². The summed E-state index contributed by atoms with van der Waals surface area (Å²) in [6.07, 6.45) is 1.36.